The number of fused-ring (bicyclic) bond motifs is 1. The van der Waals surface area contributed by atoms with E-state index in [-0.39, 0.29) is 12.5 Å². The first kappa shape index (κ1) is 11.2. The second-order valence-electron chi connectivity index (χ2n) is 4.27. The third-order valence-corrected chi connectivity index (χ3v) is 3.08. The van der Waals surface area contributed by atoms with Crippen molar-refractivity contribution in [3.8, 4) is 0 Å². The highest BCUT2D eigenvalue weighted by molar-refractivity contribution is 5.83. The van der Waals surface area contributed by atoms with Crippen molar-refractivity contribution in [2.75, 3.05) is 13.2 Å². The minimum Gasteiger partial charge on any atom is -0.396 e. The molecule has 16 heavy (non-hydrogen) atoms. The summed E-state index contributed by atoms with van der Waals surface area (Å²) in [7, 11) is 2.04. The number of nitrogens with two attached hydrogens (primary N) is 1. The second-order valence-corrected chi connectivity index (χ2v) is 4.27. The number of benzene rings is 1. The maximum absolute atomic E-state index is 9.18. The monoisotopic (exact) mass is 218 g/mol. The number of hydrogen-bond acceptors (Lipinski definition) is 2. The van der Waals surface area contributed by atoms with Crippen molar-refractivity contribution in [3.63, 3.8) is 0 Å². The molecule has 0 saturated heterocycles. The van der Waals surface area contributed by atoms with Gasteiger partial charge in [0.15, 0.2) is 0 Å². The lowest BCUT2D eigenvalue weighted by atomic mass is 10.00. The Kier molecular flexibility index (Phi) is 3.27. The Morgan fingerprint density at radius 3 is 2.81 bits per heavy atom. The molecule has 86 valence electrons. The van der Waals surface area contributed by atoms with Crippen molar-refractivity contribution >= 4 is 10.9 Å². The van der Waals surface area contributed by atoms with E-state index in [0.717, 1.165) is 6.42 Å². The van der Waals surface area contributed by atoms with E-state index >= 15 is 0 Å². The van der Waals surface area contributed by atoms with Crippen molar-refractivity contribution < 1.29 is 5.11 Å². The largest absolute Gasteiger partial charge is 0.396 e. The highest BCUT2D eigenvalue weighted by atomic mass is 16.3. The standard InChI is InChI=1S/C13H18N2O/c1-15-8-11(6-10(7-14)9-16)12-4-2-3-5-13(12)15/h2-5,8,10,16H,6-7,9,14H2,1H3. The number of para-hydroxylation sites is 1. The Morgan fingerprint density at radius 2 is 2.12 bits per heavy atom. The van der Waals surface area contributed by atoms with E-state index < -0.39 is 0 Å². The Hall–Kier alpha value is -1.32. The fourth-order valence-electron chi connectivity index (χ4n) is 2.12. The van der Waals surface area contributed by atoms with Gasteiger partial charge in [-0.3, -0.25) is 0 Å². The maximum Gasteiger partial charge on any atom is 0.0480 e. The number of aliphatic hydroxyl groups excluding tert-OH is 1. The van der Waals surface area contributed by atoms with Crippen LogP contribution < -0.4 is 5.73 Å². The van der Waals surface area contributed by atoms with E-state index in [9.17, 15) is 5.11 Å². The predicted octanol–water partition coefficient (Wildman–Crippen LogP) is 1.29. The van der Waals surface area contributed by atoms with Crippen LogP contribution in [-0.2, 0) is 13.5 Å². The lowest BCUT2D eigenvalue weighted by Gasteiger charge is -2.09. The molecule has 3 N–H and O–H groups in total. The van der Waals surface area contributed by atoms with Crippen molar-refractivity contribution in [2.45, 2.75) is 6.42 Å². The Bertz CT molecular complexity index is 472. The summed E-state index contributed by atoms with van der Waals surface area (Å²) in [5.74, 6) is 0.158. The normalized spacial score (nSPS) is 13.2. The van der Waals surface area contributed by atoms with Gasteiger partial charge in [0.2, 0.25) is 0 Å². The molecule has 0 bridgehead atoms. The zero-order chi connectivity index (χ0) is 11.5. The third kappa shape index (κ3) is 1.96. The average Bonchev–Trinajstić information content (AvgIpc) is 2.64. The van der Waals surface area contributed by atoms with Crippen molar-refractivity contribution in [3.05, 3.63) is 36.0 Å². The molecule has 1 heterocycles. The van der Waals surface area contributed by atoms with Gasteiger partial charge in [-0.05, 0) is 30.5 Å². The van der Waals surface area contributed by atoms with Gasteiger partial charge in [-0.1, -0.05) is 18.2 Å². The average molecular weight is 218 g/mol. The first-order valence-electron chi connectivity index (χ1n) is 5.60. The van der Waals surface area contributed by atoms with E-state index in [4.69, 9.17) is 5.73 Å². The Labute approximate surface area is 95.5 Å². The van der Waals surface area contributed by atoms with Crippen LogP contribution in [0.2, 0.25) is 0 Å². The molecule has 0 fully saturated rings. The fraction of sp³-hybridized carbons (Fsp3) is 0.385. The summed E-state index contributed by atoms with van der Waals surface area (Å²) < 4.78 is 2.12. The van der Waals surface area contributed by atoms with E-state index in [1.807, 2.05) is 19.2 Å². The lowest BCUT2D eigenvalue weighted by Crippen LogP contribution is -2.20. The first-order chi connectivity index (χ1) is 7.76. The van der Waals surface area contributed by atoms with Crippen LogP contribution in [0, 0.1) is 5.92 Å². The molecule has 0 spiro atoms. The molecule has 2 rings (SSSR count). The second kappa shape index (κ2) is 4.68. The zero-order valence-electron chi connectivity index (χ0n) is 9.56. The van der Waals surface area contributed by atoms with E-state index in [0.29, 0.717) is 6.54 Å². The van der Waals surface area contributed by atoms with Gasteiger partial charge < -0.3 is 15.4 Å². The summed E-state index contributed by atoms with van der Waals surface area (Å²) in [6.07, 6.45) is 2.97. The molecule has 1 aromatic carbocycles. The molecule has 0 saturated carbocycles. The van der Waals surface area contributed by atoms with Crippen molar-refractivity contribution in [2.24, 2.45) is 18.7 Å². The van der Waals surface area contributed by atoms with Gasteiger partial charge in [-0.25, -0.2) is 0 Å². The van der Waals surface area contributed by atoms with Crippen LogP contribution in [0.25, 0.3) is 10.9 Å². The van der Waals surface area contributed by atoms with Gasteiger partial charge in [0.05, 0.1) is 0 Å². The number of aryl methyl sites for hydroxylation is 1. The summed E-state index contributed by atoms with van der Waals surface area (Å²) >= 11 is 0. The highest BCUT2D eigenvalue weighted by Crippen LogP contribution is 2.22. The smallest absolute Gasteiger partial charge is 0.0480 e. The maximum atomic E-state index is 9.18. The molecule has 0 aliphatic carbocycles. The molecule has 1 aromatic heterocycles. The molecular formula is C13H18N2O. The Balaban J connectivity index is 2.37. The molecule has 3 heteroatoms. The lowest BCUT2D eigenvalue weighted by molar-refractivity contribution is 0.230. The fourth-order valence-corrected chi connectivity index (χ4v) is 2.12. The van der Waals surface area contributed by atoms with Crippen molar-refractivity contribution in [1.82, 2.24) is 4.57 Å². The summed E-state index contributed by atoms with van der Waals surface area (Å²) in [4.78, 5) is 0. The molecule has 1 atom stereocenters. The number of nitrogens with zero attached hydrogens (tertiary/aromatic N) is 1. The van der Waals surface area contributed by atoms with Gasteiger partial charge in [0.25, 0.3) is 0 Å². The summed E-state index contributed by atoms with van der Waals surface area (Å²) in [5.41, 5.74) is 8.11. The molecule has 2 aromatic rings. The molecule has 1 unspecified atom stereocenters. The van der Waals surface area contributed by atoms with Crippen LogP contribution in [0.4, 0.5) is 0 Å². The molecule has 0 radical (unpaired) electrons. The van der Waals surface area contributed by atoms with Gasteiger partial charge in [0.1, 0.15) is 0 Å². The van der Waals surface area contributed by atoms with E-state index in [1.54, 1.807) is 0 Å². The van der Waals surface area contributed by atoms with Crippen LogP contribution >= 0.6 is 0 Å². The SMILES string of the molecule is Cn1cc(CC(CN)CO)c2ccccc21. The van der Waals surface area contributed by atoms with Gasteiger partial charge in [-0.15, -0.1) is 0 Å². The molecular weight excluding hydrogens is 200 g/mol. The quantitative estimate of drug-likeness (QED) is 0.812. The summed E-state index contributed by atoms with van der Waals surface area (Å²) in [5, 5.41) is 10.4. The van der Waals surface area contributed by atoms with Crippen LogP contribution in [0.1, 0.15) is 5.56 Å². The van der Waals surface area contributed by atoms with Crippen LogP contribution in [0.5, 0.6) is 0 Å². The first-order valence-corrected chi connectivity index (χ1v) is 5.60. The van der Waals surface area contributed by atoms with Crippen LogP contribution in [-0.4, -0.2) is 22.8 Å². The number of rotatable bonds is 4. The van der Waals surface area contributed by atoms with Crippen LogP contribution in [0.15, 0.2) is 30.5 Å². The zero-order valence-corrected chi connectivity index (χ0v) is 9.56. The number of hydrogen-bond donors (Lipinski definition) is 2. The highest BCUT2D eigenvalue weighted by Gasteiger charge is 2.11. The predicted molar refractivity (Wildman–Crippen MR) is 66.3 cm³/mol. The molecule has 3 nitrogen and oxygen atoms in total. The topological polar surface area (TPSA) is 51.2 Å². The minimum atomic E-state index is 0.153. The van der Waals surface area contributed by atoms with Gasteiger partial charge in [0, 0.05) is 30.8 Å². The van der Waals surface area contributed by atoms with Crippen molar-refractivity contribution in [1.29, 1.82) is 0 Å². The van der Waals surface area contributed by atoms with Gasteiger partial charge in [-0.2, -0.15) is 0 Å². The Morgan fingerprint density at radius 1 is 1.38 bits per heavy atom. The number of aromatic nitrogens is 1. The van der Waals surface area contributed by atoms with E-state index in [1.165, 1.54) is 16.5 Å². The summed E-state index contributed by atoms with van der Waals surface area (Å²) in [6, 6.07) is 8.31. The van der Waals surface area contributed by atoms with Gasteiger partial charge >= 0.3 is 0 Å². The summed E-state index contributed by atoms with van der Waals surface area (Å²) in [6.45, 7) is 0.680. The minimum absolute atomic E-state index is 0.153. The molecule has 0 amide bonds. The number of aliphatic hydroxyl groups is 1. The van der Waals surface area contributed by atoms with E-state index in [2.05, 4.69) is 22.9 Å². The third-order valence-electron chi connectivity index (χ3n) is 3.08. The molecule has 0 aliphatic rings. The van der Waals surface area contributed by atoms with Crippen LogP contribution in [0.3, 0.4) is 0 Å². The molecule has 0 aliphatic heterocycles.